The maximum absolute atomic E-state index is 5.88. The topological polar surface area (TPSA) is 33.7 Å². The fourth-order valence-corrected chi connectivity index (χ4v) is 2.75. The summed E-state index contributed by atoms with van der Waals surface area (Å²) in [5.74, 6) is 1.67. The largest absolute Gasteiger partial charge is 0.490 e. The molecule has 1 aliphatic rings. The molecule has 2 atom stereocenters. The van der Waals surface area contributed by atoms with Crippen molar-refractivity contribution >= 4 is 0 Å². The fraction of sp³-hybridized carbons (Fsp3) is 0.625. The normalized spacial score (nSPS) is 23.6. The highest BCUT2D eigenvalue weighted by Gasteiger charge is 2.20. The van der Waals surface area contributed by atoms with Gasteiger partial charge in [0.25, 0.3) is 0 Å². The second-order valence-electron chi connectivity index (χ2n) is 5.46. The predicted octanol–water partition coefficient (Wildman–Crippen LogP) is 2.15. The molecule has 0 bridgehead atoms. The Morgan fingerprint density at radius 3 is 2.30 bits per heavy atom. The van der Waals surface area contributed by atoms with Gasteiger partial charge in [0, 0.05) is 31.7 Å². The van der Waals surface area contributed by atoms with E-state index in [1.54, 1.807) is 0 Å². The third-order valence-electron chi connectivity index (χ3n) is 3.45. The number of ether oxygens (including phenoxy) is 2. The minimum atomic E-state index is 0.550. The third-order valence-corrected chi connectivity index (χ3v) is 3.45. The second-order valence-corrected chi connectivity index (χ2v) is 5.46. The van der Waals surface area contributed by atoms with Crippen LogP contribution in [0, 0.1) is 0 Å². The molecule has 0 saturated carbocycles. The van der Waals surface area contributed by atoms with Crippen LogP contribution in [0.1, 0.15) is 20.8 Å². The summed E-state index contributed by atoms with van der Waals surface area (Å²) in [6, 6.07) is 8.97. The van der Waals surface area contributed by atoms with E-state index in [2.05, 4.69) is 24.1 Å². The van der Waals surface area contributed by atoms with E-state index in [9.17, 15) is 0 Å². The quantitative estimate of drug-likeness (QED) is 0.864. The zero-order valence-corrected chi connectivity index (χ0v) is 12.8. The molecule has 2 rings (SSSR count). The predicted molar refractivity (Wildman–Crippen MR) is 81.6 cm³/mol. The number of rotatable bonds is 6. The molecule has 1 aliphatic heterocycles. The maximum atomic E-state index is 5.88. The monoisotopic (exact) mass is 278 g/mol. The number of hydrogen-bond donors (Lipinski definition) is 1. The molecule has 1 saturated heterocycles. The van der Waals surface area contributed by atoms with Crippen LogP contribution < -0.4 is 14.8 Å². The number of benzene rings is 1. The van der Waals surface area contributed by atoms with Crippen LogP contribution in [0.25, 0.3) is 0 Å². The van der Waals surface area contributed by atoms with Crippen molar-refractivity contribution in [3.8, 4) is 11.5 Å². The highest BCUT2D eigenvalue weighted by molar-refractivity contribution is 5.39. The summed E-state index contributed by atoms with van der Waals surface area (Å²) in [7, 11) is 0. The van der Waals surface area contributed by atoms with Gasteiger partial charge in [-0.05, 0) is 32.9 Å². The van der Waals surface area contributed by atoms with Gasteiger partial charge in [0.1, 0.15) is 6.61 Å². The van der Waals surface area contributed by atoms with E-state index < -0.39 is 0 Å². The highest BCUT2D eigenvalue weighted by atomic mass is 16.5. The Bertz CT molecular complexity index is 401. The lowest BCUT2D eigenvalue weighted by molar-refractivity contribution is 0.145. The van der Waals surface area contributed by atoms with Gasteiger partial charge < -0.3 is 14.8 Å². The van der Waals surface area contributed by atoms with Crippen LogP contribution in [0.4, 0.5) is 0 Å². The van der Waals surface area contributed by atoms with Gasteiger partial charge in [0.2, 0.25) is 0 Å². The Kier molecular flexibility index (Phi) is 5.68. The van der Waals surface area contributed by atoms with Gasteiger partial charge in [-0.3, -0.25) is 4.90 Å². The molecule has 1 fully saturated rings. The molecule has 2 unspecified atom stereocenters. The summed E-state index contributed by atoms with van der Waals surface area (Å²) in [5.41, 5.74) is 0. The number of hydrogen-bond acceptors (Lipinski definition) is 4. The van der Waals surface area contributed by atoms with E-state index in [-0.39, 0.29) is 0 Å². The Labute approximate surface area is 122 Å². The number of nitrogens with one attached hydrogen (secondary N) is 1. The Balaban J connectivity index is 1.81. The van der Waals surface area contributed by atoms with E-state index in [1.807, 2.05) is 31.2 Å². The standard InChI is InChI=1S/C16H26N2O2/c1-4-19-15-7-5-6-8-16(15)20-10-9-18-11-13(2)17-14(3)12-18/h5-8,13-14,17H,4,9-12H2,1-3H3. The van der Waals surface area contributed by atoms with E-state index in [0.29, 0.717) is 25.3 Å². The lowest BCUT2D eigenvalue weighted by atomic mass is 10.1. The smallest absolute Gasteiger partial charge is 0.161 e. The molecule has 0 spiro atoms. The first kappa shape index (κ1) is 15.1. The summed E-state index contributed by atoms with van der Waals surface area (Å²) in [5, 5.41) is 3.54. The molecule has 0 amide bonds. The summed E-state index contributed by atoms with van der Waals surface area (Å²) in [6.07, 6.45) is 0. The number of para-hydroxylation sites is 2. The Morgan fingerprint density at radius 2 is 1.70 bits per heavy atom. The molecule has 0 aromatic heterocycles. The van der Waals surface area contributed by atoms with Gasteiger partial charge in [0.15, 0.2) is 11.5 Å². The molecular weight excluding hydrogens is 252 g/mol. The molecule has 0 aliphatic carbocycles. The number of piperazine rings is 1. The van der Waals surface area contributed by atoms with Gasteiger partial charge >= 0.3 is 0 Å². The number of nitrogens with zero attached hydrogens (tertiary/aromatic N) is 1. The van der Waals surface area contributed by atoms with Crippen molar-refractivity contribution in [3.05, 3.63) is 24.3 Å². The summed E-state index contributed by atoms with van der Waals surface area (Å²) < 4.78 is 11.4. The first-order valence-electron chi connectivity index (χ1n) is 7.52. The van der Waals surface area contributed by atoms with Gasteiger partial charge in [-0.25, -0.2) is 0 Å². The highest BCUT2D eigenvalue weighted by Crippen LogP contribution is 2.26. The van der Waals surface area contributed by atoms with E-state index in [0.717, 1.165) is 31.1 Å². The fourth-order valence-electron chi connectivity index (χ4n) is 2.75. The summed E-state index contributed by atoms with van der Waals surface area (Å²) >= 11 is 0. The zero-order chi connectivity index (χ0) is 14.4. The van der Waals surface area contributed by atoms with Crippen molar-refractivity contribution in [2.24, 2.45) is 0 Å². The van der Waals surface area contributed by atoms with Gasteiger partial charge in [-0.1, -0.05) is 12.1 Å². The first-order valence-corrected chi connectivity index (χ1v) is 7.52. The lowest BCUT2D eigenvalue weighted by Crippen LogP contribution is -2.54. The minimum Gasteiger partial charge on any atom is -0.490 e. The average molecular weight is 278 g/mol. The van der Waals surface area contributed by atoms with Crippen LogP contribution in [-0.2, 0) is 0 Å². The molecule has 1 aromatic rings. The molecule has 1 aromatic carbocycles. The second kappa shape index (κ2) is 7.50. The molecule has 0 radical (unpaired) electrons. The van der Waals surface area contributed by atoms with Crippen molar-refractivity contribution in [1.29, 1.82) is 0 Å². The van der Waals surface area contributed by atoms with Crippen LogP contribution in [-0.4, -0.2) is 49.8 Å². The molecule has 20 heavy (non-hydrogen) atoms. The Morgan fingerprint density at radius 1 is 1.10 bits per heavy atom. The molecule has 1 heterocycles. The molecule has 4 nitrogen and oxygen atoms in total. The van der Waals surface area contributed by atoms with Gasteiger partial charge in [0.05, 0.1) is 6.61 Å². The maximum Gasteiger partial charge on any atom is 0.161 e. The minimum absolute atomic E-state index is 0.550. The first-order chi connectivity index (χ1) is 9.69. The zero-order valence-electron chi connectivity index (χ0n) is 12.8. The van der Waals surface area contributed by atoms with E-state index >= 15 is 0 Å². The van der Waals surface area contributed by atoms with E-state index in [1.165, 1.54) is 0 Å². The van der Waals surface area contributed by atoms with Crippen LogP contribution >= 0.6 is 0 Å². The molecular formula is C16H26N2O2. The third kappa shape index (κ3) is 4.39. The van der Waals surface area contributed by atoms with Crippen LogP contribution in [0.3, 0.4) is 0 Å². The summed E-state index contributed by atoms with van der Waals surface area (Å²) in [6.45, 7) is 10.9. The van der Waals surface area contributed by atoms with E-state index in [4.69, 9.17) is 9.47 Å². The molecule has 4 heteroatoms. The SMILES string of the molecule is CCOc1ccccc1OCCN1CC(C)NC(C)C1. The van der Waals surface area contributed by atoms with Crippen molar-refractivity contribution in [2.45, 2.75) is 32.9 Å². The van der Waals surface area contributed by atoms with Crippen molar-refractivity contribution in [3.63, 3.8) is 0 Å². The van der Waals surface area contributed by atoms with Gasteiger partial charge in [-0.15, -0.1) is 0 Å². The van der Waals surface area contributed by atoms with Crippen molar-refractivity contribution in [1.82, 2.24) is 10.2 Å². The van der Waals surface area contributed by atoms with Crippen LogP contribution in [0.5, 0.6) is 11.5 Å². The van der Waals surface area contributed by atoms with Crippen LogP contribution in [0.2, 0.25) is 0 Å². The molecule has 112 valence electrons. The van der Waals surface area contributed by atoms with Crippen molar-refractivity contribution in [2.75, 3.05) is 32.8 Å². The average Bonchev–Trinajstić information content (AvgIpc) is 2.40. The van der Waals surface area contributed by atoms with Crippen molar-refractivity contribution < 1.29 is 9.47 Å². The Hall–Kier alpha value is -1.26. The van der Waals surface area contributed by atoms with Crippen LogP contribution in [0.15, 0.2) is 24.3 Å². The summed E-state index contributed by atoms with van der Waals surface area (Å²) in [4.78, 5) is 2.45. The lowest BCUT2D eigenvalue weighted by Gasteiger charge is -2.36. The van der Waals surface area contributed by atoms with Gasteiger partial charge in [-0.2, -0.15) is 0 Å². The molecule has 1 N–H and O–H groups in total.